The average molecular weight is 328 g/mol. The third-order valence-electron chi connectivity index (χ3n) is 3.64. The molecule has 6 heteroatoms. The zero-order valence-corrected chi connectivity index (χ0v) is 13.7. The Morgan fingerprint density at radius 3 is 2.81 bits per heavy atom. The number of amides is 1. The number of benzene rings is 1. The van der Waals surface area contributed by atoms with Crippen molar-refractivity contribution in [1.29, 1.82) is 0 Å². The van der Waals surface area contributed by atoms with Gasteiger partial charge < -0.3 is 9.64 Å². The van der Waals surface area contributed by atoms with Crippen molar-refractivity contribution in [1.82, 2.24) is 4.90 Å². The monoisotopic (exact) mass is 327 g/mol. The van der Waals surface area contributed by atoms with Crippen LogP contribution in [0, 0.1) is 0 Å². The molecule has 0 radical (unpaired) electrons. The number of piperidine rings is 1. The van der Waals surface area contributed by atoms with Gasteiger partial charge in [-0.1, -0.05) is 11.6 Å². The summed E-state index contributed by atoms with van der Waals surface area (Å²) in [5.74, 6) is -0.564. The number of carbonyl (C=O) groups is 2. The molecule has 21 heavy (non-hydrogen) atoms. The molecular formula is C15H18ClNO3S. The van der Waals surface area contributed by atoms with Gasteiger partial charge >= 0.3 is 5.97 Å². The number of rotatable bonds is 3. The maximum atomic E-state index is 12.7. The van der Waals surface area contributed by atoms with Crippen LogP contribution in [-0.4, -0.2) is 42.7 Å². The van der Waals surface area contributed by atoms with E-state index < -0.39 is 6.04 Å². The Bertz CT molecular complexity index is 550. The first-order valence-electron chi connectivity index (χ1n) is 6.80. The molecule has 0 spiro atoms. The lowest BCUT2D eigenvalue weighted by Crippen LogP contribution is -2.48. The largest absolute Gasteiger partial charge is 0.467 e. The van der Waals surface area contributed by atoms with E-state index >= 15 is 0 Å². The Kier molecular flexibility index (Phi) is 5.53. The van der Waals surface area contributed by atoms with Gasteiger partial charge in [-0.15, -0.1) is 11.8 Å². The third-order valence-corrected chi connectivity index (χ3v) is 4.70. The molecule has 1 atom stereocenters. The van der Waals surface area contributed by atoms with Crippen LogP contribution in [0.25, 0.3) is 0 Å². The zero-order chi connectivity index (χ0) is 15.4. The number of esters is 1. The molecule has 0 saturated carbocycles. The van der Waals surface area contributed by atoms with Gasteiger partial charge in [0, 0.05) is 11.4 Å². The first-order chi connectivity index (χ1) is 10.1. The summed E-state index contributed by atoms with van der Waals surface area (Å²) in [6.07, 6.45) is 4.38. The lowest BCUT2D eigenvalue weighted by Gasteiger charge is -2.34. The van der Waals surface area contributed by atoms with E-state index in [4.69, 9.17) is 16.3 Å². The highest BCUT2D eigenvalue weighted by molar-refractivity contribution is 7.98. The second-order valence-electron chi connectivity index (χ2n) is 4.88. The summed E-state index contributed by atoms with van der Waals surface area (Å²) in [5.41, 5.74) is 0.444. The maximum Gasteiger partial charge on any atom is 0.328 e. The molecular weight excluding hydrogens is 310 g/mol. The minimum absolute atomic E-state index is 0.203. The maximum absolute atomic E-state index is 12.7. The van der Waals surface area contributed by atoms with E-state index in [1.54, 1.807) is 28.8 Å². The molecule has 1 saturated heterocycles. The minimum atomic E-state index is -0.509. The van der Waals surface area contributed by atoms with Crippen LogP contribution in [0.5, 0.6) is 0 Å². The van der Waals surface area contributed by atoms with Crippen LogP contribution in [0.4, 0.5) is 0 Å². The van der Waals surface area contributed by atoms with Gasteiger partial charge in [-0.25, -0.2) is 4.79 Å². The average Bonchev–Trinajstić information content (AvgIpc) is 2.54. The standard InChI is InChI=1S/C15H18ClNO3S/c1-20-15(19)13-5-3-4-8-17(13)14(18)11-9-10(21-2)6-7-12(11)16/h6-7,9,13H,3-5,8H2,1-2H3. The number of carbonyl (C=O) groups excluding carboxylic acids is 2. The summed E-state index contributed by atoms with van der Waals surface area (Å²) in [4.78, 5) is 27.2. The molecule has 1 aromatic rings. The third kappa shape index (κ3) is 3.52. The highest BCUT2D eigenvalue weighted by atomic mass is 35.5. The Hall–Kier alpha value is -1.20. The van der Waals surface area contributed by atoms with Crippen LogP contribution in [0.1, 0.15) is 29.6 Å². The molecule has 114 valence electrons. The van der Waals surface area contributed by atoms with Gasteiger partial charge in [0.1, 0.15) is 6.04 Å². The normalized spacial score (nSPS) is 18.4. The number of ether oxygens (including phenoxy) is 1. The van der Waals surface area contributed by atoms with Gasteiger partial charge in [-0.3, -0.25) is 4.79 Å². The van der Waals surface area contributed by atoms with Crippen molar-refractivity contribution in [2.75, 3.05) is 19.9 Å². The van der Waals surface area contributed by atoms with Gasteiger partial charge in [0.25, 0.3) is 5.91 Å². The van der Waals surface area contributed by atoms with Crippen LogP contribution in [0.3, 0.4) is 0 Å². The number of hydrogen-bond donors (Lipinski definition) is 0. The Labute approximate surface area is 133 Å². The van der Waals surface area contributed by atoms with Crippen molar-refractivity contribution in [3.63, 3.8) is 0 Å². The van der Waals surface area contributed by atoms with E-state index in [1.807, 2.05) is 12.3 Å². The number of hydrogen-bond acceptors (Lipinski definition) is 4. The van der Waals surface area contributed by atoms with Crippen LogP contribution in [0.2, 0.25) is 5.02 Å². The Morgan fingerprint density at radius 2 is 2.14 bits per heavy atom. The molecule has 1 amide bonds. The number of thioether (sulfide) groups is 1. The molecule has 1 heterocycles. The number of methoxy groups -OCH3 is 1. The Balaban J connectivity index is 2.30. The summed E-state index contributed by atoms with van der Waals surface area (Å²) >= 11 is 7.70. The van der Waals surface area contributed by atoms with Crippen molar-refractivity contribution in [2.24, 2.45) is 0 Å². The molecule has 1 aliphatic rings. The van der Waals surface area contributed by atoms with E-state index in [1.165, 1.54) is 7.11 Å². The van der Waals surface area contributed by atoms with Gasteiger partial charge in [0.15, 0.2) is 0 Å². The molecule has 1 unspecified atom stereocenters. The molecule has 0 bridgehead atoms. The fourth-order valence-electron chi connectivity index (χ4n) is 2.51. The van der Waals surface area contributed by atoms with Crippen molar-refractivity contribution in [3.05, 3.63) is 28.8 Å². The van der Waals surface area contributed by atoms with E-state index in [0.29, 0.717) is 23.6 Å². The smallest absolute Gasteiger partial charge is 0.328 e. The molecule has 1 aliphatic heterocycles. The van der Waals surface area contributed by atoms with Gasteiger partial charge in [-0.2, -0.15) is 0 Å². The zero-order valence-electron chi connectivity index (χ0n) is 12.1. The van der Waals surface area contributed by atoms with Crippen LogP contribution < -0.4 is 0 Å². The van der Waals surface area contributed by atoms with Crippen molar-refractivity contribution in [3.8, 4) is 0 Å². The predicted molar refractivity (Wildman–Crippen MR) is 83.9 cm³/mol. The SMILES string of the molecule is COC(=O)C1CCCCN1C(=O)c1cc(SC)ccc1Cl. The second-order valence-corrected chi connectivity index (χ2v) is 6.17. The van der Waals surface area contributed by atoms with Crippen molar-refractivity contribution >= 4 is 35.2 Å². The molecule has 2 rings (SSSR count). The van der Waals surface area contributed by atoms with Crippen LogP contribution in [0.15, 0.2) is 23.1 Å². The fourth-order valence-corrected chi connectivity index (χ4v) is 3.14. The highest BCUT2D eigenvalue weighted by Crippen LogP contribution is 2.27. The number of halogens is 1. The summed E-state index contributed by atoms with van der Waals surface area (Å²) in [5, 5.41) is 0.409. The number of likely N-dealkylation sites (tertiary alicyclic amines) is 1. The highest BCUT2D eigenvalue weighted by Gasteiger charge is 2.34. The lowest BCUT2D eigenvalue weighted by molar-refractivity contribution is -0.147. The van der Waals surface area contributed by atoms with E-state index in [-0.39, 0.29) is 11.9 Å². The van der Waals surface area contributed by atoms with Crippen LogP contribution >= 0.6 is 23.4 Å². The van der Waals surface area contributed by atoms with Gasteiger partial charge in [0.2, 0.25) is 0 Å². The van der Waals surface area contributed by atoms with Gasteiger partial charge in [-0.05, 0) is 43.7 Å². The molecule has 4 nitrogen and oxygen atoms in total. The summed E-state index contributed by atoms with van der Waals surface area (Å²) in [6, 6.07) is 4.86. The lowest BCUT2D eigenvalue weighted by atomic mass is 10.0. The summed E-state index contributed by atoms with van der Waals surface area (Å²) in [7, 11) is 1.35. The Morgan fingerprint density at radius 1 is 1.38 bits per heavy atom. The molecule has 0 aromatic heterocycles. The molecule has 1 aromatic carbocycles. The first kappa shape index (κ1) is 16.2. The molecule has 1 fully saturated rings. The number of nitrogens with zero attached hydrogens (tertiary/aromatic N) is 1. The van der Waals surface area contributed by atoms with E-state index in [2.05, 4.69) is 0 Å². The molecule has 0 N–H and O–H groups in total. The van der Waals surface area contributed by atoms with Crippen LogP contribution in [-0.2, 0) is 9.53 Å². The van der Waals surface area contributed by atoms with Crippen molar-refractivity contribution < 1.29 is 14.3 Å². The fraction of sp³-hybridized carbons (Fsp3) is 0.467. The minimum Gasteiger partial charge on any atom is -0.467 e. The predicted octanol–water partition coefficient (Wildman–Crippen LogP) is 3.23. The topological polar surface area (TPSA) is 46.6 Å². The summed E-state index contributed by atoms with van der Waals surface area (Å²) in [6.45, 7) is 0.554. The van der Waals surface area contributed by atoms with Gasteiger partial charge in [0.05, 0.1) is 17.7 Å². The summed E-state index contributed by atoms with van der Waals surface area (Å²) < 4.78 is 4.81. The molecule has 0 aliphatic carbocycles. The second kappa shape index (κ2) is 7.18. The van der Waals surface area contributed by atoms with E-state index in [9.17, 15) is 9.59 Å². The van der Waals surface area contributed by atoms with Crippen molar-refractivity contribution in [2.45, 2.75) is 30.2 Å². The first-order valence-corrected chi connectivity index (χ1v) is 8.41. The van der Waals surface area contributed by atoms with E-state index in [0.717, 1.165) is 17.7 Å². The quantitative estimate of drug-likeness (QED) is 0.631.